The Balaban J connectivity index is 1.17. The number of nitrogens with zero attached hydrogens (tertiary/aromatic N) is 4. The largest absolute Gasteiger partial charge is 0.367 e. The van der Waals surface area contributed by atoms with Crippen LogP contribution in [0.5, 0.6) is 0 Å². The minimum atomic E-state index is 0.123. The molecular weight excluding hydrogens is 352 g/mol. The topological polar surface area (TPSA) is 83.0 Å². The minimum Gasteiger partial charge on any atom is -0.367 e. The van der Waals surface area contributed by atoms with Crippen molar-refractivity contribution in [1.82, 2.24) is 20.3 Å². The van der Waals surface area contributed by atoms with E-state index in [0.717, 1.165) is 49.6 Å². The van der Waals surface area contributed by atoms with Crippen LogP contribution in [-0.2, 0) is 11.3 Å². The SMILES string of the molecule is O=C(CCC1CCN(c2cc(NC3CC3)ncn2)CC1)NCc1cccnc1. The summed E-state index contributed by atoms with van der Waals surface area (Å²) in [5, 5.41) is 6.42. The summed E-state index contributed by atoms with van der Waals surface area (Å²) < 4.78 is 0. The predicted octanol–water partition coefficient (Wildman–Crippen LogP) is 2.76. The van der Waals surface area contributed by atoms with Gasteiger partial charge in [-0.2, -0.15) is 0 Å². The number of amides is 1. The van der Waals surface area contributed by atoms with Crippen molar-refractivity contribution in [2.75, 3.05) is 23.3 Å². The maximum Gasteiger partial charge on any atom is 0.220 e. The second kappa shape index (κ2) is 8.99. The smallest absolute Gasteiger partial charge is 0.220 e. The van der Waals surface area contributed by atoms with E-state index in [1.165, 1.54) is 12.8 Å². The number of carbonyl (C=O) groups excluding carboxylic acids is 1. The maximum absolute atomic E-state index is 12.1. The normalized spacial score (nSPS) is 17.4. The van der Waals surface area contributed by atoms with Crippen molar-refractivity contribution in [3.05, 3.63) is 42.5 Å². The average Bonchev–Trinajstić information content (AvgIpc) is 3.56. The standard InChI is InChI=1S/C21H28N6O/c28-21(23-14-17-2-1-9-22-13-17)6-3-16-7-10-27(11-8-16)20-12-19(24-15-25-20)26-18-4-5-18/h1-2,9,12-13,15-16,18H,3-8,10-11,14H2,(H,23,28)(H,24,25,26). The van der Waals surface area contributed by atoms with Crippen LogP contribution in [0, 0.1) is 5.92 Å². The molecule has 1 amide bonds. The van der Waals surface area contributed by atoms with Crippen molar-refractivity contribution in [2.45, 2.75) is 51.1 Å². The molecule has 2 fully saturated rings. The van der Waals surface area contributed by atoms with Crippen molar-refractivity contribution in [2.24, 2.45) is 5.92 Å². The molecule has 2 aromatic rings. The van der Waals surface area contributed by atoms with Gasteiger partial charge in [-0.05, 0) is 49.7 Å². The molecule has 148 valence electrons. The van der Waals surface area contributed by atoms with Crippen LogP contribution in [0.3, 0.4) is 0 Å². The molecule has 2 aromatic heterocycles. The fraction of sp³-hybridized carbons (Fsp3) is 0.524. The van der Waals surface area contributed by atoms with Gasteiger partial charge in [-0.25, -0.2) is 9.97 Å². The van der Waals surface area contributed by atoms with Crippen molar-refractivity contribution >= 4 is 17.5 Å². The summed E-state index contributed by atoms with van der Waals surface area (Å²) in [6.45, 7) is 2.53. The van der Waals surface area contributed by atoms with E-state index >= 15 is 0 Å². The van der Waals surface area contributed by atoms with Crippen LogP contribution in [0.2, 0.25) is 0 Å². The lowest BCUT2D eigenvalue weighted by atomic mass is 9.92. The monoisotopic (exact) mass is 380 g/mol. The molecule has 28 heavy (non-hydrogen) atoms. The Morgan fingerprint density at radius 2 is 2.04 bits per heavy atom. The average molecular weight is 380 g/mol. The zero-order valence-corrected chi connectivity index (χ0v) is 16.2. The molecule has 1 aliphatic carbocycles. The fourth-order valence-electron chi connectivity index (χ4n) is 3.61. The second-order valence-corrected chi connectivity index (χ2v) is 7.79. The van der Waals surface area contributed by atoms with E-state index in [2.05, 4.69) is 36.6 Å². The van der Waals surface area contributed by atoms with Gasteiger partial charge in [-0.15, -0.1) is 0 Å². The lowest BCUT2D eigenvalue weighted by Gasteiger charge is -2.32. The van der Waals surface area contributed by atoms with E-state index in [4.69, 9.17) is 0 Å². The summed E-state index contributed by atoms with van der Waals surface area (Å²) in [6.07, 6.45) is 11.4. The number of nitrogens with one attached hydrogen (secondary N) is 2. The number of hydrogen-bond acceptors (Lipinski definition) is 6. The lowest BCUT2D eigenvalue weighted by molar-refractivity contribution is -0.121. The van der Waals surface area contributed by atoms with Gasteiger partial charge in [0.2, 0.25) is 5.91 Å². The van der Waals surface area contributed by atoms with Gasteiger partial charge < -0.3 is 15.5 Å². The van der Waals surface area contributed by atoms with Gasteiger partial charge in [0, 0.05) is 50.6 Å². The first-order valence-corrected chi connectivity index (χ1v) is 10.3. The highest BCUT2D eigenvalue weighted by molar-refractivity contribution is 5.75. The van der Waals surface area contributed by atoms with E-state index in [0.29, 0.717) is 24.9 Å². The number of hydrogen-bond donors (Lipinski definition) is 2. The predicted molar refractivity (Wildman–Crippen MR) is 109 cm³/mol. The molecule has 0 atom stereocenters. The van der Waals surface area contributed by atoms with Gasteiger partial charge in [-0.3, -0.25) is 9.78 Å². The van der Waals surface area contributed by atoms with Gasteiger partial charge in [0.15, 0.2) is 0 Å². The Bertz CT molecular complexity index is 771. The first kappa shape index (κ1) is 18.7. The highest BCUT2D eigenvalue weighted by Crippen LogP contribution is 2.27. The third-order valence-corrected chi connectivity index (χ3v) is 5.51. The number of aromatic nitrogens is 3. The quantitative estimate of drug-likeness (QED) is 0.733. The molecule has 7 heteroatoms. The summed E-state index contributed by atoms with van der Waals surface area (Å²) in [7, 11) is 0. The third kappa shape index (κ3) is 5.41. The van der Waals surface area contributed by atoms with Crippen molar-refractivity contribution in [1.29, 1.82) is 0 Å². The Labute approximate surface area is 166 Å². The van der Waals surface area contributed by atoms with Crippen molar-refractivity contribution < 1.29 is 4.79 Å². The van der Waals surface area contributed by atoms with Gasteiger partial charge in [0.05, 0.1) is 0 Å². The van der Waals surface area contributed by atoms with Crippen LogP contribution in [0.1, 0.15) is 44.1 Å². The molecule has 3 heterocycles. The van der Waals surface area contributed by atoms with Crippen LogP contribution < -0.4 is 15.5 Å². The third-order valence-electron chi connectivity index (χ3n) is 5.51. The van der Waals surface area contributed by atoms with E-state index < -0.39 is 0 Å². The van der Waals surface area contributed by atoms with Crippen LogP contribution >= 0.6 is 0 Å². The molecule has 4 rings (SSSR count). The Morgan fingerprint density at radius 1 is 1.18 bits per heavy atom. The van der Waals surface area contributed by atoms with E-state index in [1.54, 1.807) is 18.7 Å². The number of anilines is 2. The molecule has 0 unspecified atom stereocenters. The maximum atomic E-state index is 12.1. The molecule has 2 N–H and O–H groups in total. The molecule has 0 spiro atoms. The molecule has 7 nitrogen and oxygen atoms in total. The first-order valence-electron chi connectivity index (χ1n) is 10.3. The van der Waals surface area contributed by atoms with Gasteiger partial charge in [0.25, 0.3) is 0 Å². The Kier molecular flexibility index (Phi) is 5.99. The van der Waals surface area contributed by atoms with Crippen LogP contribution in [0.15, 0.2) is 36.9 Å². The summed E-state index contributed by atoms with van der Waals surface area (Å²) in [5.41, 5.74) is 1.03. The van der Waals surface area contributed by atoms with Crippen LogP contribution in [0.4, 0.5) is 11.6 Å². The van der Waals surface area contributed by atoms with E-state index in [-0.39, 0.29) is 5.91 Å². The molecule has 0 radical (unpaired) electrons. The number of pyridine rings is 1. The lowest BCUT2D eigenvalue weighted by Crippen LogP contribution is -2.34. The summed E-state index contributed by atoms with van der Waals surface area (Å²) in [6, 6.07) is 6.52. The highest BCUT2D eigenvalue weighted by atomic mass is 16.1. The molecule has 0 aromatic carbocycles. The summed E-state index contributed by atoms with van der Waals surface area (Å²) in [5.74, 6) is 2.66. The minimum absolute atomic E-state index is 0.123. The zero-order chi connectivity index (χ0) is 19.2. The second-order valence-electron chi connectivity index (χ2n) is 7.79. The van der Waals surface area contributed by atoms with Crippen LogP contribution in [-0.4, -0.2) is 40.0 Å². The van der Waals surface area contributed by atoms with E-state index in [9.17, 15) is 4.79 Å². The molecule has 1 saturated carbocycles. The summed E-state index contributed by atoms with van der Waals surface area (Å²) in [4.78, 5) is 27.3. The van der Waals surface area contributed by atoms with Crippen molar-refractivity contribution in [3.8, 4) is 0 Å². The molecule has 1 aliphatic heterocycles. The number of piperidine rings is 1. The van der Waals surface area contributed by atoms with Crippen LogP contribution in [0.25, 0.3) is 0 Å². The molecule has 2 aliphatic rings. The highest BCUT2D eigenvalue weighted by Gasteiger charge is 2.23. The summed E-state index contributed by atoms with van der Waals surface area (Å²) >= 11 is 0. The fourth-order valence-corrected chi connectivity index (χ4v) is 3.61. The molecular formula is C21H28N6O. The number of rotatable bonds is 8. The number of carbonyl (C=O) groups is 1. The molecule has 1 saturated heterocycles. The Morgan fingerprint density at radius 3 is 2.79 bits per heavy atom. The van der Waals surface area contributed by atoms with Crippen molar-refractivity contribution in [3.63, 3.8) is 0 Å². The zero-order valence-electron chi connectivity index (χ0n) is 16.2. The van der Waals surface area contributed by atoms with Gasteiger partial charge >= 0.3 is 0 Å². The van der Waals surface area contributed by atoms with Gasteiger partial charge in [0.1, 0.15) is 18.0 Å². The van der Waals surface area contributed by atoms with E-state index in [1.807, 2.05) is 12.1 Å². The molecule has 0 bridgehead atoms. The Hall–Kier alpha value is -2.70. The first-order chi connectivity index (χ1) is 13.8. The van der Waals surface area contributed by atoms with Gasteiger partial charge in [-0.1, -0.05) is 6.07 Å².